The molecule has 1 saturated heterocycles. The highest BCUT2D eigenvalue weighted by Crippen LogP contribution is 2.26. The van der Waals surface area contributed by atoms with E-state index in [-0.39, 0.29) is 11.8 Å². The molecule has 0 saturated carbocycles. The molecule has 1 aliphatic rings. The first-order valence-electron chi connectivity index (χ1n) is 10.6. The first-order chi connectivity index (χ1) is 15.8. The van der Waals surface area contributed by atoms with Gasteiger partial charge in [-0.05, 0) is 30.3 Å². The Morgan fingerprint density at radius 3 is 2.72 bits per heavy atom. The van der Waals surface area contributed by atoms with Gasteiger partial charge >= 0.3 is 5.69 Å². The molecule has 0 aliphatic carbocycles. The van der Waals surface area contributed by atoms with Gasteiger partial charge in [0.2, 0.25) is 0 Å². The number of aromatic amines is 1. The molecule has 4 aromatic heterocycles. The van der Waals surface area contributed by atoms with E-state index < -0.39 is 0 Å². The highest BCUT2D eigenvalue weighted by Gasteiger charge is 2.22. The van der Waals surface area contributed by atoms with Crippen molar-refractivity contribution in [2.24, 2.45) is 0 Å². The van der Waals surface area contributed by atoms with Crippen molar-refractivity contribution in [3.63, 3.8) is 0 Å². The molecular formula is C24H21N5O3. The van der Waals surface area contributed by atoms with E-state index in [1.165, 1.54) is 0 Å². The number of ether oxygens (including phenoxy) is 2. The summed E-state index contributed by atoms with van der Waals surface area (Å²) in [6.45, 7) is 1.97. The van der Waals surface area contributed by atoms with Crippen molar-refractivity contribution in [1.82, 2.24) is 24.1 Å². The summed E-state index contributed by atoms with van der Waals surface area (Å²) in [5, 5.41) is 1.02. The van der Waals surface area contributed by atoms with E-state index >= 15 is 0 Å². The Balaban J connectivity index is 1.53. The van der Waals surface area contributed by atoms with Gasteiger partial charge in [0.15, 0.2) is 5.65 Å². The molecule has 160 valence electrons. The molecule has 6 rings (SSSR count). The molecule has 1 aromatic carbocycles. The minimum Gasteiger partial charge on any atom is -0.376 e. The second-order valence-electron chi connectivity index (χ2n) is 7.84. The number of pyridine rings is 2. The van der Waals surface area contributed by atoms with E-state index in [1.807, 2.05) is 54.9 Å². The fraction of sp³-hybridized carbons (Fsp3) is 0.208. The summed E-state index contributed by atoms with van der Waals surface area (Å²) in [7, 11) is 0. The lowest BCUT2D eigenvalue weighted by Crippen LogP contribution is -2.35. The number of hydrogen-bond donors (Lipinski definition) is 1. The van der Waals surface area contributed by atoms with Crippen LogP contribution in [0.1, 0.15) is 0 Å². The molecular weight excluding hydrogens is 406 g/mol. The summed E-state index contributed by atoms with van der Waals surface area (Å²) < 4.78 is 14.8. The van der Waals surface area contributed by atoms with E-state index in [2.05, 4.69) is 16.0 Å². The Hall–Kier alpha value is -3.75. The third-order valence-electron chi connectivity index (χ3n) is 5.79. The summed E-state index contributed by atoms with van der Waals surface area (Å²) in [5.41, 5.74) is 4.66. The number of para-hydroxylation sites is 1. The van der Waals surface area contributed by atoms with Crippen molar-refractivity contribution in [2.45, 2.75) is 12.6 Å². The zero-order valence-electron chi connectivity index (χ0n) is 17.3. The van der Waals surface area contributed by atoms with Gasteiger partial charge in [0.25, 0.3) is 0 Å². The van der Waals surface area contributed by atoms with Crippen LogP contribution in [0.4, 0.5) is 0 Å². The fourth-order valence-corrected chi connectivity index (χ4v) is 4.22. The van der Waals surface area contributed by atoms with Crippen LogP contribution in [0.2, 0.25) is 0 Å². The van der Waals surface area contributed by atoms with Gasteiger partial charge < -0.3 is 14.5 Å². The largest absolute Gasteiger partial charge is 0.376 e. The molecule has 1 atom stereocenters. The third-order valence-corrected chi connectivity index (χ3v) is 5.79. The van der Waals surface area contributed by atoms with Crippen molar-refractivity contribution < 1.29 is 9.47 Å². The molecule has 0 amide bonds. The predicted molar refractivity (Wildman–Crippen MR) is 121 cm³/mol. The van der Waals surface area contributed by atoms with Crippen LogP contribution in [-0.4, -0.2) is 50.0 Å². The van der Waals surface area contributed by atoms with Gasteiger partial charge in [-0.25, -0.2) is 19.3 Å². The fourth-order valence-electron chi connectivity index (χ4n) is 4.22. The van der Waals surface area contributed by atoms with Crippen molar-refractivity contribution in [3.8, 4) is 16.8 Å². The number of H-pyrrole nitrogens is 1. The number of aromatic nitrogens is 5. The molecule has 1 aliphatic heterocycles. The minimum absolute atomic E-state index is 0.149. The van der Waals surface area contributed by atoms with Crippen molar-refractivity contribution in [1.29, 1.82) is 0 Å². The lowest BCUT2D eigenvalue weighted by Gasteiger charge is -2.23. The minimum atomic E-state index is -0.183. The number of nitrogens with zero attached hydrogens (tertiary/aromatic N) is 4. The van der Waals surface area contributed by atoms with Crippen LogP contribution in [-0.2, 0) is 16.0 Å². The second-order valence-corrected chi connectivity index (χ2v) is 7.84. The molecule has 0 bridgehead atoms. The Kier molecular flexibility index (Phi) is 4.59. The number of rotatable bonds is 4. The topological polar surface area (TPSA) is 87.0 Å². The van der Waals surface area contributed by atoms with E-state index in [9.17, 15) is 4.79 Å². The summed E-state index contributed by atoms with van der Waals surface area (Å²) in [6.07, 6.45) is 5.29. The lowest BCUT2D eigenvalue weighted by molar-refractivity contribution is -0.0935. The first-order valence-corrected chi connectivity index (χ1v) is 10.6. The summed E-state index contributed by atoms with van der Waals surface area (Å²) in [4.78, 5) is 25.8. The number of fused-ring (bicyclic) bond motifs is 2. The van der Waals surface area contributed by atoms with Crippen LogP contribution >= 0.6 is 0 Å². The summed E-state index contributed by atoms with van der Waals surface area (Å²) >= 11 is 0. The highest BCUT2D eigenvalue weighted by molar-refractivity contribution is 5.84. The molecule has 8 heteroatoms. The third kappa shape index (κ3) is 3.21. The maximum absolute atomic E-state index is 13.5. The van der Waals surface area contributed by atoms with E-state index in [1.54, 1.807) is 15.3 Å². The van der Waals surface area contributed by atoms with Crippen LogP contribution < -0.4 is 5.69 Å². The van der Waals surface area contributed by atoms with Crippen LogP contribution in [0, 0.1) is 0 Å². The van der Waals surface area contributed by atoms with Crippen LogP contribution in [0.25, 0.3) is 39.0 Å². The average molecular weight is 427 g/mol. The molecule has 0 unspecified atom stereocenters. The lowest BCUT2D eigenvalue weighted by atomic mass is 10.1. The number of imidazole rings is 1. The molecule has 32 heavy (non-hydrogen) atoms. The Morgan fingerprint density at radius 2 is 1.88 bits per heavy atom. The van der Waals surface area contributed by atoms with Gasteiger partial charge in [-0.3, -0.25) is 4.57 Å². The van der Waals surface area contributed by atoms with Gasteiger partial charge in [0, 0.05) is 35.1 Å². The number of hydrogen-bond acceptors (Lipinski definition) is 5. The van der Waals surface area contributed by atoms with Gasteiger partial charge in [-0.2, -0.15) is 0 Å². The zero-order valence-corrected chi connectivity index (χ0v) is 17.3. The van der Waals surface area contributed by atoms with Gasteiger partial charge in [-0.15, -0.1) is 0 Å². The van der Waals surface area contributed by atoms with E-state index in [0.29, 0.717) is 32.0 Å². The molecule has 8 nitrogen and oxygen atoms in total. The first kappa shape index (κ1) is 19.0. The summed E-state index contributed by atoms with van der Waals surface area (Å²) in [5.74, 6) is 0. The van der Waals surface area contributed by atoms with Crippen molar-refractivity contribution >= 4 is 22.2 Å². The maximum atomic E-state index is 13.5. The van der Waals surface area contributed by atoms with Crippen molar-refractivity contribution in [3.05, 3.63) is 77.6 Å². The van der Waals surface area contributed by atoms with Crippen LogP contribution in [0.15, 0.2) is 71.9 Å². The molecule has 5 aromatic rings. The number of benzene rings is 1. The molecule has 1 fully saturated rings. The molecule has 0 radical (unpaired) electrons. The van der Waals surface area contributed by atoms with E-state index in [4.69, 9.17) is 14.5 Å². The SMILES string of the molecule is O=c1n(C[C@H]2COCCO2)c2cc(-c3cnc4[nH]ccc4c3)cnc2n1-c1ccccc1. The van der Waals surface area contributed by atoms with Crippen LogP contribution in [0.3, 0.4) is 0 Å². The number of nitrogens with one attached hydrogen (secondary N) is 1. The van der Waals surface area contributed by atoms with E-state index in [0.717, 1.165) is 33.4 Å². The van der Waals surface area contributed by atoms with Crippen molar-refractivity contribution in [2.75, 3.05) is 19.8 Å². The quantitative estimate of drug-likeness (QED) is 0.476. The zero-order chi connectivity index (χ0) is 21.5. The standard InChI is InChI=1S/C24H21N5O3/c30-24-28(14-20-15-31-8-9-32-20)21-11-18(17-10-16-6-7-25-22(16)26-12-17)13-27-23(21)29(24)19-4-2-1-3-5-19/h1-7,10-13,20H,8-9,14-15H2,(H,25,26)/t20-/m0/s1. The highest BCUT2D eigenvalue weighted by atomic mass is 16.6. The van der Waals surface area contributed by atoms with Gasteiger partial charge in [-0.1, -0.05) is 18.2 Å². The Morgan fingerprint density at radius 1 is 1.03 bits per heavy atom. The maximum Gasteiger partial charge on any atom is 0.335 e. The monoisotopic (exact) mass is 427 g/mol. The Labute approximate surface area is 183 Å². The molecule has 5 heterocycles. The van der Waals surface area contributed by atoms with Gasteiger partial charge in [0.1, 0.15) is 5.65 Å². The molecule has 1 N–H and O–H groups in total. The Bertz CT molecular complexity index is 1460. The normalized spacial score (nSPS) is 16.7. The van der Waals surface area contributed by atoms with Crippen LogP contribution in [0.5, 0.6) is 0 Å². The molecule has 0 spiro atoms. The average Bonchev–Trinajstić information content (AvgIpc) is 3.42. The predicted octanol–water partition coefficient (Wildman–Crippen LogP) is 3.15. The smallest absolute Gasteiger partial charge is 0.335 e. The summed E-state index contributed by atoms with van der Waals surface area (Å²) in [6, 6.07) is 15.6. The second kappa shape index (κ2) is 7.74. The van der Waals surface area contributed by atoms with Gasteiger partial charge in [0.05, 0.1) is 43.7 Å².